The molecule has 0 spiro atoms. The molecule has 3 aromatic heterocycles. The Morgan fingerprint density at radius 1 is 1.03 bits per heavy atom. The van der Waals surface area contributed by atoms with Crippen molar-refractivity contribution in [3.05, 3.63) is 84.2 Å². The maximum atomic E-state index is 7.57. The van der Waals surface area contributed by atoms with Gasteiger partial charge in [-0.25, -0.2) is 15.0 Å². The zero-order valence-electron chi connectivity index (χ0n) is 20.0. The van der Waals surface area contributed by atoms with Gasteiger partial charge in [0, 0.05) is 75.1 Å². The summed E-state index contributed by atoms with van der Waals surface area (Å²) < 4.78 is 1.78. The van der Waals surface area contributed by atoms with Crippen LogP contribution in [0.25, 0.3) is 11.1 Å². The number of nitrogens with one attached hydrogen (secondary N) is 2. The number of H-pyrrole nitrogens is 1. The number of nitrogens with zero attached hydrogens (tertiary/aromatic N) is 7. The van der Waals surface area contributed by atoms with Gasteiger partial charge in [-0.05, 0) is 17.2 Å². The maximum absolute atomic E-state index is 7.57. The zero-order chi connectivity index (χ0) is 24.2. The summed E-state index contributed by atoms with van der Waals surface area (Å²) in [5.41, 5.74) is 5.33. The minimum Gasteiger partial charge on any atom is -0.358 e. The summed E-state index contributed by atoms with van der Waals surface area (Å²) in [5, 5.41) is 11.8. The molecule has 5 rings (SSSR count). The molecule has 9 heteroatoms. The molecule has 4 heterocycles. The van der Waals surface area contributed by atoms with Crippen LogP contribution in [0.2, 0.25) is 0 Å². The van der Waals surface area contributed by atoms with Crippen molar-refractivity contribution in [2.24, 2.45) is 12.0 Å². The van der Waals surface area contributed by atoms with Crippen molar-refractivity contribution >= 4 is 18.1 Å². The van der Waals surface area contributed by atoms with Gasteiger partial charge in [-0.1, -0.05) is 37.3 Å². The molecular weight excluding hydrogens is 438 g/mol. The van der Waals surface area contributed by atoms with Gasteiger partial charge in [-0.2, -0.15) is 5.10 Å². The molecule has 0 saturated carbocycles. The number of aromatic amines is 1. The highest BCUT2D eigenvalue weighted by Gasteiger charge is 2.23. The second-order valence-corrected chi connectivity index (χ2v) is 8.71. The van der Waals surface area contributed by atoms with Crippen LogP contribution in [0.4, 0.5) is 5.95 Å². The van der Waals surface area contributed by atoms with E-state index in [1.807, 2.05) is 44.1 Å². The fourth-order valence-electron chi connectivity index (χ4n) is 4.41. The summed E-state index contributed by atoms with van der Waals surface area (Å²) >= 11 is 0. The fraction of sp³-hybridized carbons (Fsp3) is 0.269. The summed E-state index contributed by atoms with van der Waals surface area (Å²) in [7, 11) is 1.90. The molecule has 4 aromatic rings. The Morgan fingerprint density at radius 3 is 2.43 bits per heavy atom. The first-order chi connectivity index (χ1) is 17.1. The van der Waals surface area contributed by atoms with Crippen molar-refractivity contribution in [3.63, 3.8) is 0 Å². The predicted molar refractivity (Wildman–Crippen MR) is 138 cm³/mol. The normalized spacial score (nSPS) is 15.3. The molecule has 0 amide bonds. The minimum absolute atomic E-state index is 0.249. The number of anilines is 1. The quantitative estimate of drug-likeness (QED) is 0.334. The third-order valence-corrected chi connectivity index (χ3v) is 6.47. The highest BCUT2D eigenvalue weighted by atomic mass is 15.3. The van der Waals surface area contributed by atoms with Crippen LogP contribution in [-0.4, -0.2) is 68.0 Å². The van der Waals surface area contributed by atoms with Crippen LogP contribution in [0, 0.1) is 5.41 Å². The lowest BCUT2D eigenvalue weighted by Crippen LogP contribution is -2.49. The monoisotopic (exact) mass is 467 g/mol. The van der Waals surface area contributed by atoms with Crippen LogP contribution in [-0.2, 0) is 7.05 Å². The lowest BCUT2D eigenvalue weighted by atomic mass is 9.96. The van der Waals surface area contributed by atoms with E-state index in [0.717, 1.165) is 66.7 Å². The van der Waals surface area contributed by atoms with E-state index in [4.69, 9.17) is 5.41 Å². The number of aliphatic imine (C=N–C) groups is 1. The molecule has 0 bridgehead atoms. The SMILES string of the molecule is C[C@@H](c1ccccc1)c1cnc(N2CCN(C(=NC=N)c3cc(-c4cnn(C)c4)c[nH]3)CC2)nc1. The summed E-state index contributed by atoms with van der Waals surface area (Å²) in [6.45, 7) is 5.26. The van der Waals surface area contributed by atoms with Gasteiger partial charge in [0.15, 0.2) is 5.84 Å². The summed E-state index contributed by atoms with van der Waals surface area (Å²) in [6.07, 6.45) is 10.7. The first-order valence-corrected chi connectivity index (χ1v) is 11.7. The van der Waals surface area contributed by atoms with E-state index in [9.17, 15) is 0 Å². The van der Waals surface area contributed by atoms with Gasteiger partial charge in [-0.15, -0.1) is 0 Å². The molecule has 1 aromatic carbocycles. The molecule has 0 aliphatic carbocycles. The number of amidine groups is 1. The van der Waals surface area contributed by atoms with E-state index in [-0.39, 0.29) is 5.92 Å². The maximum Gasteiger partial charge on any atom is 0.225 e. The third kappa shape index (κ3) is 4.84. The van der Waals surface area contributed by atoms with Crippen molar-refractivity contribution in [1.82, 2.24) is 29.6 Å². The van der Waals surface area contributed by atoms with Crippen LogP contribution >= 0.6 is 0 Å². The zero-order valence-corrected chi connectivity index (χ0v) is 20.0. The molecule has 0 unspecified atom stereocenters. The lowest BCUT2D eigenvalue weighted by Gasteiger charge is -2.36. The molecule has 1 aliphatic heterocycles. The van der Waals surface area contributed by atoms with Gasteiger partial charge in [0.25, 0.3) is 0 Å². The Labute approximate surface area is 204 Å². The average Bonchev–Trinajstić information content (AvgIpc) is 3.57. The number of aryl methyl sites for hydroxylation is 1. The van der Waals surface area contributed by atoms with Crippen LogP contribution in [0.1, 0.15) is 29.7 Å². The minimum atomic E-state index is 0.249. The van der Waals surface area contributed by atoms with Crippen LogP contribution < -0.4 is 4.90 Å². The van der Waals surface area contributed by atoms with Crippen molar-refractivity contribution in [2.45, 2.75) is 12.8 Å². The summed E-state index contributed by atoms with van der Waals surface area (Å²) in [6, 6.07) is 12.5. The number of piperazine rings is 1. The van der Waals surface area contributed by atoms with Gasteiger partial charge in [-0.3, -0.25) is 10.1 Å². The van der Waals surface area contributed by atoms with Crippen molar-refractivity contribution < 1.29 is 0 Å². The molecule has 1 aliphatic rings. The number of benzene rings is 1. The van der Waals surface area contributed by atoms with E-state index in [0.29, 0.717) is 0 Å². The van der Waals surface area contributed by atoms with Gasteiger partial charge < -0.3 is 14.8 Å². The van der Waals surface area contributed by atoms with E-state index in [1.165, 1.54) is 5.56 Å². The smallest absolute Gasteiger partial charge is 0.225 e. The molecule has 9 nitrogen and oxygen atoms in total. The van der Waals surface area contributed by atoms with Crippen LogP contribution in [0.15, 0.2) is 72.4 Å². The van der Waals surface area contributed by atoms with Gasteiger partial charge >= 0.3 is 0 Å². The van der Waals surface area contributed by atoms with Crippen molar-refractivity contribution in [2.75, 3.05) is 31.1 Å². The largest absolute Gasteiger partial charge is 0.358 e. The average molecular weight is 468 g/mol. The summed E-state index contributed by atoms with van der Waals surface area (Å²) in [5.74, 6) is 1.76. The van der Waals surface area contributed by atoms with E-state index < -0.39 is 0 Å². The molecule has 35 heavy (non-hydrogen) atoms. The lowest BCUT2D eigenvalue weighted by molar-refractivity contribution is 0.383. The Morgan fingerprint density at radius 2 is 1.77 bits per heavy atom. The van der Waals surface area contributed by atoms with E-state index in [1.54, 1.807) is 4.68 Å². The number of hydrogen-bond acceptors (Lipinski definition) is 5. The molecular formula is C26H29N9. The molecule has 2 N–H and O–H groups in total. The number of hydrogen-bond donors (Lipinski definition) is 2. The van der Waals surface area contributed by atoms with Gasteiger partial charge in [0.2, 0.25) is 5.95 Å². The van der Waals surface area contributed by atoms with Crippen molar-refractivity contribution in [3.8, 4) is 11.1 Å². The first-order valence-electron chi connectivity index (χ1n) is 11.7. The topological polar surface area (TPSA) is 102 Å². The predicted octanol–water partition coefficient (Wildman–Crippen LogP) is 3.53. The first kappa shape index (κ1) is 22.5. The Kier molecular flexibility index (Phi) is 6.38. The standard InChI is InChI=1S/C26H29N9/c1-19(20-6-4-3-5-7-20)22-14-29-26(30-15-22)35-10-8-34(9-11-35)25(31-18-27)24-12-21(13-28-24)23-16-32-33(2)17-23/h3-7,12-19,27-28H,8-11H2,1-2H3/t19-/m0/s1. The van der Waals surface area contributed by atoms with Gasteiger partial charge in [0.05, 0.1) is 11.9 Å². The Balaban J connectivity index is 1.25. The Bertz CT molecular complexity index is 1300. The van der Waals surface area contributed by atoms with Gasteiger partial charge in [0.1, 0.15) is 6.34 Å². The Hall–Kier alpha value is -4.27. The van der Waals surface area contributed by atoms with Crippen LogP contribution in [0.5, 0.6) is 0 Å². The molecule has 1 atom stereocenters. The van der Waals surface area contributed by atoms with Crippen molar-refractivity contribution in [1.29, 1.82) is 5.41 Å². The number of aromatic nitrogens is 5. The third-order valence-electron chi connectivity index (χ3n) is 6.47. The molecule has 0 radical (unpaired) electrons. The molecule has 1 saturated heterocycles. The summed E-state index contributed by atoms with van der Waals surface area (Å²) in [4.78, 5) is 21.4. The molecule has 178 valence electrons. The van der Waals surface area contributed by atoms with E-state index >= 15 is 0 Å². The van der Waals surface area contributed by atoms with Crippen LogP contribution in [0.3, 0.4) is 0 Å². The number of rotatable bonds is 6. The second kappa shape index (κ2) is 9.92. The van der Waals surface area contributed by atoms with E-state index in [2.05, 4.69) is 72.1 Å². The highest BCUT2D eigenvalue weighted by molar-refractivity contribution is 6.01. The fourth-order valence-corrected chi connectivity index (χ4v) is 4.41. The highest BCUT2D eigenvalue weighted by Crippen LogP contribution is 2.24. The molecule has 1 fully saturated rings. The second-order valence-electron chi connectivity index (χ2n) is 8.71.